The van der Waals surface area contributed by atoms with Crippen LogP contribution < -0.4 is 19.7 Å². The molecule has 1 saturated heterocycles. The first-order chi connectivity index (χ1) is 15.1. The van der Waals surface area contributed by atoms with Gasteiger partial charge in [-0.2, -0.15) is 0 Å². The summed E-state index contributed by atoms with van der Waals surface area (Å²) in [6, 6.07) is 13.8. The van der Waals surface area contributed by atoms with E-state index in [1.165, 1.54) is 11.8 Å². The minimum absolute atomic E-state index is 0.0440. The monoisotopic (exact) mass is 441 g/mol. The van der Waals surface area contributed by atoms with Gasteiger partial charge < -0.3 is 24.6 Å². The highest BCUT2D eigenvalue weighted by Gasteiger charge is 2.35. The molecule has 8 nitrogen and oxygen atoms in total. The Hall–Kier alpha value is -3.20. The zero-order valence-electron chi connectivity index (χ0n) is 17.1. The summed E-state index contributed by atoms with van der Waals surface area (Å²) in [5.41, 5.74) is 1.31. The second-order valence-corrected chi connectivity index (χ2v) is 8.15. The van der Waals surface area contributed by atoms with Gasteiger partial charge >= 0.3 is 0 Å². The fourth-order valence-corrected chi connectivity index (χ4v) is 4.74. The summed E-state index contributed by atoms with van der Waals surface area (Å²) in [6.07, 6.45) is 0.132. The Morgan fingerprint density at radius 2 is 1.97 bits per heavy atom. The second-order valence-electron chi connectivity index (χ2n) is 7.15. The predicted molar refractivity (Wildman–Crippen MR) is 118 cm³/mol. The van der Waals surface area contributed by atoms with Crippen molar-refractivity contribution in [2.24, 2.45) is 0 Å². The van der Waals surface area contributed by atoms with E-state index >= 15 is 0 Å². The molecule has 1 atom stereocenters. The Morgan fingerprint density at radius 3 is 2.74 bits per heavy atom. The molecule has 1 N–H and O–H groups in total. The highest BCUT2D eigenvalue weighted by atomic mass is 32.2. The van der Waals surface area contributed by atoms with Gasteiger partial charge in [0.1, 0.15) is 17.5 Å². The van der Waals surface area contributed by atoms with Gasteiger partial charge in [0.05, 0.1) is 18.7 Å². The minimum atomic E-state index is -0.549. The Labute approximate surface area is 184 Å². The summed E-state index contributed by atoms with van der Waals surface area (Å²) >= 11 is 1.54. The van der Waals surface area contributed by atoms with E-state index in [0.717, 1.165) is 0 Å². The van der Waals surface area contributed by atoms with E-state index in [1.54, 1.807) is 53.3 Å². The van der Waals surface area contributed by atoms with Crippen molar-refractivity contribution in [3.05, 3.63) is 48.5 Å². The maximum Gasteiger partial charge on any atom is 0.265 e. The number of anilines is 2. The van der Waals surface area contributed by atoms with Crippen molar-refractivity contribution in [1.82, 2.24) is 4.90 Å². The zero-order chi connectivity index (χ0) is 21.8. The third kappa shape index (κ3) is 4.61. The quantitative estimate of drug-likeness (QED) is 0.741. The first-order valence-corrected chi connectivity index (χ1v) is 11.1. The van der Waals surface area contributed by atoms with Crippen LogP contribution in [0.15, 0.2) is 48.5 Å². The first kappa shape index (κ1) is 21.0. The third-order valence-corrected chi connectivity index (χ3v) is 6.23. The molecule has 2 aromatic rings. The molecule has 2 aliphatic heterocycles. The van der Waals surface area contributed by atoms with Gasteiger partial charge in [0, 0.05) is 24.4 Å². The molecule has 0 bridgehead atoms. The largest absolute Gasteiger partial charge is 0.497 e. The van der Waals surface area contributed by atoms with Gasteiger partial charge in [-0.15, -0.1) is 11.8 Å². The highest BCUT2D eigenvalue weighted by molar-refractivity contribution is 7.99. The topological polar surface area (TPSA) is 88.2 Å². The van der Waals surface area contributed by atoms with E-state index < -0.39 is 6.04 Å². The number of fused-ring (bicyclic) bond motifs is 1. The van der Waals surface area contributed by atoms with Crippen LogP contribution in [0.1, 0.15) is 6.42 Å². The second kappa shape index (κ2) is 9.30. The molecule has 1 unspecified atom stereocenters. The van der Waals surface area contributed by atoms with Crippen LogP contribution in [0, 0.1) is 0 Å². The van der Waals surface area contributed by atoms with Crippen molar-refractivity contribution in [2.45, 2.75) is 12.5 Å². The number of carbonyl (C=O) groups excluding carboxylic acids is 3. The van der Waals surface area contributed by atoms with E-state index in [-0.39, 0.29) is 37.3 Å². The van der Waals surface area contributed by atoms with E-state index in [4.69, 9.17) is 9.47 Å². The van der Waals surface area contributed by atoms with Crippen LogP contribution in [0.2, 0.25) is 0 Å². The van der Waals surface area contributed by atoms with Crippen molar-refractivity contribution in [3.8, 4) is 11.5 Å². The van der Waals surface area contributed by atoms with Gasteiger partial charge in [-0.1, -0.05) is 12.1 Å². The van der Waals surface area contributed by atoms with Gasteiger partial charge in [-0.25, -0.2) is 0 Å². The molecule has 2 aromatic carbocycles. The lowest BCUT2D eigenvalue weighted by Gasteiger charge is -2.30. The molecule has 9 heteroatoms. The lowest BCUT2D eigenvalue weighted by molar-refractivity contribution is -0.136. The fraction of sp³-hybridized carbons (Fsp3) is 0.318. The number of nitrogens with one attached hydrogen (secondary N) is 1. The van der Waals surface area contributed by atoms with E-state index in [0.29, 0.717) is 34.5 Å². The lowest BCUT2D eigenvalue weighted by atomic mass is 10.2. The molecule has 2 heterocycles. The number of rotatable bonds is 6. The molecule has 0 radical (unpaired) electrons. The van der Waals surface area contributed by atoms with Gasteiger partial charge in [-0.3, -0.25) is 14.4 Å². The van der Waals surface area contributed by atoms with E-state index in [2.05, 4.69) is 5.32 Å². The zero-order valence-corrected chi connectivity index (χ0v) is 17.9. The van der Waals surface area contributed by atoms with Crippen LogP contribution in [0.5, 0.6) is 11.5 Å². The smallest absolute Gasteiger partial charge is 0.265 e. The lowest BCUT2D eigenvalue weighted by Crippen LogP contribution is -2.46. The predicted octanol–water partition coefficient (Wildman–Crippen LogP) is 2.35. The van der Waals surface area contributed by atoms with Crippen LogP contribution in [0.3, 0.4) is 0 Å². The molecule has 0 aliphatic carbocycles. The number of hydrogen-bond acceptors (Lipinski definition) is 6. The first-order valence-electron chi connectivity index (χ1n) is 9.91. The molecule has 4 rings (SSSR count). The van der Waals surface area contributed by atoms with Gasteiger partial charge in [0.2, 0.25) is 11.8 Å². The van der Waals surface area contributed by atoms with Gasteiger partial charge in [0.15, 0.2) is 6.61 Å². The number of thioether (sulfide) groups is 1. The molecule has 0 aromatic heterocycles. The summed E-state index contributed by atoms with van der Waals surface area (Å²) in [5, 5.41) is 2.86. The SMILES string of the molecule is COc1ccc(NC(=O)C2CSCN2C(=O)CCN2C(=O)COc3ccccc32)cc1. The Bertz CT molecular complexity index is 981. The normalized spacial score (nSPS) is 17.7. The number of amides is 3. The number of methoxy groups -OCH3 is 1. The highest BCUT2D eigenvalue weighted by Crippen LogP contribution is 2.32. The molecular formula is C22H23N3O5S. The molecule has 162 valence electrons. The minimum Gasteiger partial charge on any atom is -0.497 e. The van der Waals surface area contributed by atoms with E-state index in [9.17, 15) is 14.4 Å². The third-order valence-electron chi connectivity index (χ3n) is 5.22. The van der Waals surface area contributed by atoms with Crippen LogP contribution in [-0.2, 0) is 14.4 Å². The summed E-state index contributed by atoms with van der Waals surface area (Å²) in [4.78, 5) is 41.1. The number of ether oxygens (including phenoxy) is 2. The molecule has 3 amide bonds. The Balaban J connectivity index is 1.37. The molecule has 1 fully saturated rings. The van der Waals surface area contributed by atoms with Crippen molar-refractivity contribution in [3.63, 3.8) is 0 Å². The number of hydrogen-bond donors (Lipinski definition) is 1. The molecule has 0 spiro atoms. The fourth-order valence-electron chi connectivity index (χ4n) is 3.56. The number of nitrogens with zero attached hydrogens (tertiary/aromatic N) is 2. The molecule has 0 saturated carbocycles. The molecular weight excluding hydrogens is 418 g/mol. The van der Waals surface area contributed by atoms with Crippen molar-refractivity contribution >= 4 is 40.9 Å². The van der Waals surface area contributed by atoms with Crippen LogP contribution in [0.4, 0.5) is 11.4 Å². The Kier molecular flexibility index (Phi) is 6.31. The average Bonchev–Trinajstić information content (AvgIpc) is 3.29. The Morgan fingerprint density at radius 1 is 1.19 bits per heavy atom. The van der Waals surface area contributed by atoms with E-state index in [1.807, 2.05) is 12.1 Å². The van der Waals surface area contributed by atoms with Crippen LogP contribution in [-0.4, -0.2) is 60.6 Å². The molecule has 31 heavy (non-hydrogen) atoms. The van der Waals surface area contributed by atoms with Crippen LogP contribution in [0.25, 0.3) is 0 Å². The molecule has 2 aliphatic rings. The van der Waals surface area contributed by atoms with Crippen molar-refractivity contribution < 1.29 is 23.9 Å². The van der Waals surface area contributed by atoms with Gasteiger partial charge in [-0.05, 0) is 36.4 Å². The standard InChI is InChI=1S/C22H23N3O5S/c1-29-16-8-6-15(7-9-16)23-22(28)18-13-31-14-25(18)20(26)10-11-24-17-4-2-3-5-19(17)30-12-21(24)27/h2-9,18H,10-14H2,1H3,(H,23,28). The van der Waals surface area contributed by atoms with Crippen molar-refractivity contribution in [1.29, 1.82) is 0 Å². The number of para-hydroxylation sites is 2. The maximum atomic E-state index is 12.9. The number of benzene rings is 2. The van der Waals surface area contributed by atoms with Crippen molar-refractivity contribution in [2.75, 3.05) is 42.1 Å². The number of carbonyl (C=O) groups is 3. The average molecular weight is 442 g/mol. The summed E-state index contributed by atoms with van der Waals surface area (Å²) < 4.78 is 10.6. The summed E-state index contributed by atoms with van der Waals surface area (Å²) in [7, 11) is 1.58. The summed E-state index contributed by atoms with van der Waals surface area (Å²) in [5.74, 6) is 1.75. The maximum absolute atomic E-state index is 12.9. The van der Waals surface area contributed by atoms with Gasteiger partial charge in [0.25, 0.3) is 5.91 Å². The summed E-state index contributed by atoms with van der Waals surface area (Å²) in [6.45, 7) is 0.198. The van der Waals surface area contributed by atoms with Crippen LogP contribution >= 0.6 is 11.8 Å².